The first-order chi connectivity index (χ1) is 20.3. The molecule has 234 valence electrons. The molecule has 0 bridgehead atoms. The lowest BCUT2D eigenvalue weighted by atomic mass is 9.67. The first-order valence-electron chi connectivity index (χ1n) is 16.7. The molecular weight excluding hydrogens is 512 g/mol. The molecule has 1 aliphatic carbocycles. The summed E-state index contributed by atoms with van der Waals surface area (Å²) in [5.41, 5.74) is 4.82. The van der Waals surface area contributed by atoms with Gasteiger partial charge in [0.25, 0.3) is 0 Å². The molecule has 0 heterocycles. The summed E-state index contributed by atoms with van der Waals surface area (Å²) in [4.78, 5) is 12.1. The van der Waals surface area contributed by atoms with Gasteiger partial charge in [-0.3, -0.25) is 4.79 Å². The largest absolute Gasteiger partial charge is 0.461 e. The van der Waals surface area contributed by atoms with Gasteiger partial charge in [0.2, 0.25) is 0 Å². The molecule has 0 saturated heterocycles. The van der Waals surface area contributed by atoms with E-state index in [2.05, 4.69) is 77.7 Å². The highest BCUT2D eigenvalue weighted by Gasteiger charge is 2.32. The number of ether oxygens (including phenoxy) is 1. The Morgan fingerprint density at radius 2 is 1.45 bits per heavy atom. The van der Waals surface area contributed by atoms with E-state index in [4.69, 9.17) is 4.74 Å². The Kier molecular flexibility index (Phi) is 21.3. The average molecular weight is 575 g/mol. The second kappa shape index (κ2) is 23.9. The van der Waals surface area contributed by atoms with E-state index in [1.165, 1.54) is 68.9 Å². The van der Waals surface area contributed by atoms with Gasteiger partial charge in [0, 0.05) is 6.42 Å². The number of esters is 1. The third-order valence-corrected chi connectivity index (χ3v) is 8.47. The zero-order valence-corrected chi connectivity index (χ0v) is 27.8. The molecule has 0 N–H and O–H groups in total. The summed E-state index contributed by atoms with van der Waals surface area (Å²) in [6, 6.07) is 0. The number of hydrogen-bond acceptors (Lipinski definition) is 2. The number of carbonyl (C=O) groups is 1. The quantitative estimate of drug-likeness (QED) is 0.0556. The SMILES string of the molecule is C=CC=CC=CC=CC=CCCCCCCCCCC(=O)OCC=C(C)CCC=C(C)CCC1C(C)=CCCC1(C)C. The molecule has 0 amide bonds. The van der Waals surface area contributed by atoms with Gasteiger partial charge < -0.3 is 4.74 Å². The monoisotopic (exact) mass is 574 g/mol. The third-order valence-electron chi connectivity index (χ3n) is 8.47. The van der Waals surface area contributed by atoms with E-state index >= 15 is 0 Å². The minimum Gasteiger partial charge on any atom is -0.461 e. The number of rotatable bonds is 22. The molecular formula is C40H62O2. The highest BCUT2D eigenvalue weighted by atomic mass is 16.5. The summed E-state index contributed by atoms with van der Waals surface area (Å²) in [6.45, 7) is 15.7. The fourth-order valence-electron chi connectivity index (χ4n) is 5.68. The highest BCUT2D eigenvalue weighted by molar-refractivity contribution is 5.69. The molecule has 1 rings (SSSR count). The van der Waals surface area contributed by atoms with Crippen LogP contribution in [0.2, 0.25) is 0 Å². The second-order valence-electron chi connectivity index (χ2n) is 12.7. The predicted octanol–water partition coefficient (Wildman–Crippen LogP) is 12.3. The molecule has 0 radical (unpaired) electrons. The molecule has 0 spiro atoms. The van der Waals surface area contributed by atoms with Crippen molar-refractivity contribution >= 4 is 5.97 Å². The lowest BCUT2D eigenvalue weighted by molar-refractivity contribution is -0.142. The van der Waals surface area contributed by atoms with Crippen LogP contribution in [0.1, 0.15) is 131 Å². The van der Waals surface area contributed by atoms with Crippen LogP contribution in [-0.2, 0) is 9.53 Å². The normalized spacial score (nSPS) is 18.0. The predicted molar refractivity (Wildman–Crippen MR) is 186 cm³/mol. The van der Waals surface area contributed by atoms with Crippen molar-refractivity contribution in [1.29, 1.82) is 0 Å². The Morgan fingerprint density at radius 3 is 2.14 bits per heavy atom. The summed E-state index contributed by atoms with van der Waals surface area (Å²) in [5.74, 6) is 0.649. The lowest BCUT2D eigenvalue weighted by Crippen LogP contribution is -2.27. The van der Waals surface area contributed by atoms with Crippen molar-refractivity contribution in [2.75, 3.05) is 6.61 Å². The molecule has 1 aliphatic rings. The van der Waals surface area contributed by atoms with Crippen molar-refractivity contribution in [3.8, 4) is 0 Å². The van der Waals surface area contributed by atoms with Gasteiger partial charge in [-0.25, -0.2) is 0 Å². The van der Waals surface area contributed by atoms with Gasteiger partial charge in [0.15, 0.2) is 0 Å². The molecule has 42 heavy (non-hydrogen) atoms. The molecule has 2 heteroatoms. The number of hydrogen-bond donors (Lipinski definition) is 0. The van der Waals surface area contributed by atoms with Gasteiger partial charge in [-0.05, 0) is 96.0 Å². The van der Waals surface area contributed by atoms with E-state index < -0.39 is 0 Å². The first-order valence-corrected chi connectivity index (χ1v) is 16.7. The molecule has 1 unspecified atom stereocenters. The van der Waals surface area contributed by atoms with E-state index in [0.29, 0.717) is 24.4 Å². The molecule has 2 nitrogen and oxygen atoms in total. The smallest absolute Gasteiger partial charge is 0.306 e. The third kappa shape index (κ3) is 19.5. The van der Waals surface area contributed by atoms with E-state index in [1.54, 1.807) is 11.6 Å². The summed E-state index contributed by atoms with van der Waals surface area (Å²) in [5, 5.41) is 0. The van der Waals surface area contributed by atoms with Crippen molar-refractivity contribution in [1.82, 2.24) is 0 Å². The Balaban J connectivity index is 2.02. The summed E-state index contributed by atoms with van der Waals surface area (Å²) >= 11 is 0. The van der Waals surface area contributed by atoms with E-state index in [9.17, 15) is 4.79 Å². The van der Waals surface area contributed by atoms with Crippen LogP contribution in [0, 0.1) is 11.3 Å². The summed E-state index contributed by atoms with van der Waals surface area (Å²) < 4.78 is 5.45. The molecule has 0 aromatic heterocycles. The summed E-state index contributed by atoms with van der Waals surface area (Å²) in [7, 11) is 0. The van der Waals surface area contributed by atoms with E-state index in [-0.39, 0.29) is 5.97 Å². The van der Waals surface area contributed by atoms with Crippen molar-refractivity contribution in [3.05, 3.63) is 96.2 Å². The maximum absolute atomic E-state index is 12.1. The zero-order chi connectivity index (χ0) is 30.9. The maximum atomic E-state index is 12.1. The topological polar surface area (TPSA) is 26.3 Å². The Hall–Kier alpha value is -2.61. The fourth-order valence-corrected chi connectivity index (χ4v) is 5.68. The zero-order valence-electron chi connectivity index (χ0n) is 27.8. The van der Waals surface area contributed by atoms with Gasteiger partial charge in [-0.1, -0.05) is 136 Å². The van der Waals surface area contributed by atoms with Crippen LogP contribution in [-0.4, -0.2) is 12.6 Å². The van der Waals surface area contributed by atoms with Gasteiger partial charge in [0.05, 0.1) is 0 Å². The Bertz CT molecular complexity index is 964. The van der Waals surface area contributed by atoms with Gasteiger partial charge >= 0.3 is 5.97 Å². The van der Waals surface area contributed by atoms with Crippen LogP contribution in [0.5, 0.6) is 0 Å². The van der Waals surface area contributed by atoms with Crippen molar-refractivity contribution in [2.24, 2.45) is 11.3 Å². The fraction of sp³-hybridized carbons (Fsp3) is 0.575. The van der Waals surface area contributed by atoms with Crippen LogP contribution in [0.3, 0.4) is 0 Å². The molecule has 0 aromatic rings. The van der Waals surface area contributed by atoms with Crippen LogP contribution in [0.4, 0.5) is 0 Å². The summed E-state index contributed by atoms with van der Waals surface area (Å²) in [6.07, 6.45) is 42.1. The number of allylic oxidation sites excluding steroid dienone is 14. The van der Waals surface area contributed by atoms with E-state index in [0.717, 1.165) is 32.1 Å². The molecule has 0 aliphatic heterocycles. The van der Waals surface area contributed by atoms with Gasteiger partial charge in [0.1, 0.15) is 6.61 Å². The molecule has 1 atom stereocenters. The molecule has 0 saturated carbocycles. The minimum atomic E-state index is -0.0608. The standard InChI is InChI=1S/C40H62O2/c1-7-8-9-10-11-12-13-14-15-16-17-18-19-20-21-22-23-29-39(41)42-34-32-36(3)27-24-26-35(2)30-31-38-37(4)28-25-33-40(38,5)6/h7-15,26,28,32,38H,1,16-25,27,29-31,33-34H2,2-6H3. The Labute approximate surface area is 260 Å². The van der Waals surface area contributed by atoms with Gasteiger partial charge in [-0.15, -0.1) is 0 Å². The average Bonchev–Trinajstić information content (AvgIpc) is 2.94. The van der Waals surface area contributed by atoms with Crippen molar-refractivity contribution < 1.29 is 9.53 Å². The van der Waals surface area contributed by atoms with Gasteiger partial charge in [-0.2, -0.15) is 0 Å². The van der Waals surface area contributed by atoms with E-state index in [1.807, 2.05) is 30.4 Å². The van der Waals surface area contributed by atoms with Crippen LogP contribution in [0.15, 0.2) is 96.2 Å². The van der Waals surface area contributed by atoms with Crippen molar-refractivity contribution in [2.45, 2.75) is 131 Å². The van der Waals surface area contributed by atoms with Crippen molar-refractivity contribution in [3.63, 3.8) is 0 Å². The maximum Gasteiger partial charge on any atom is 0.306 e. The second-order valence-corrected chi connectivity index (χ2v) is 12.7. The first kappa shape index (κ1) is 37.4. The molecule has 0 aromatic carbocycles. The number of carbonyl (C=O) groups excluding carboxylic acids is 1. The lowest BCUT2D eigenvalue weighted by Gasteiger charge is -2.38. The Morgan fingerprint density at radius 1 is 0.833 bits per heavy atom. The minimum absolute atomic E-state index is 0.0608. The number of unbranched alkanes of at least 4 members (excludes halogenated alkanes) is 7. The van der Waals surface area contributed by atoms with Crippen LogP contribution < -0.4 is 0 Å². The van der Waals surface area contributed by atoms with Crippen LogP contribution in [0.25, 0.3) is 0 Å². The highest BCUT2D eigenvalue weighted by Crippen LogP contribution is 2.43. The van der Waals surface area contributed by atoms with Crippen LogP contribution >= 0.6 is 0 Å². The molecule has 0 fully saturated rings.